The number of aryl methyl sites for hydroxylation is 2. The van der Waals surface area contributed by atoms with Crippen molar-refractivity contribution in [3.63, 3.8) is 0 Å². The average molecular weight is 268 g/mol. The van der Waals surface area contributed by atoms with Crippen LogP contribution in [0.25, 0.3) is 0 Å². The van der Waals surface area contributed by atoms with Gasteiger partial charge in [-0.05, 0) is 43.7 Å². The van der Waals surface area contributed by atoms with Gasteiger partial charge >= 0.3 is 0 Å². The van der Waals surface area contributed by atoms with Crippen LogP contribution < -0.4 is 0 Å². The highest BCUT2D eigenvalue weighted by atomic mass is 32.2. The van der Waals surface area contributed by atoms with Gasteiger partial charge in [-0.1, -0.05) is 17.8 Å². The Morgan fingerprint density at radius 3 is 2.68 bits per heavy atom. The molecule has 0 aliphatic carbocycles. The smallest absolute Gasteiger partial charge is 0.150 e. The van der Waals surface area contributed by atoms with E-state index in [-0.39, 0.29) is 0 Å². The van der Waals surface area contributed by atoms with Crippen molar-refractivity contribution in [2.45, 2.75) is 23.8 Å². The highest BCUT2D eigenvalue weighted by molar-refractivity contribution is 7.99. The van der Waals surface area contributed by atoms with Crippen LogP contribution in [0.15, 0.2) is 40.3 Å². The fourth-order valence-electron chi connectivity index (χ4n) is 1.77. The van der Waals surface area contributed by atoms with Crippen molar-refractivity contribution < 1.29 is 4.79 Å². The van der Waals surface area contributed by atoms with E-state index in [4.69, 9.17) is 5.26 Å². The van der Waals surface area contributed by atoms with Crippen molar-refractivity contribution in [3.8, 4) is 6.07 Å². The topological polar surface area (TPSA) is 53.8 Å². The summed E-state index contributed by atoms with van der Waals surface area (Å²) in [5.41, 5.74) is 3.09. The number of nitrogens with zero attached hydrogens (tertiary/aromatic N) is 2. The standard InChI is InChI=1S/C15H12N2OS/c1-10-5-11(2)17-15(6-10)19-14-4-3-12(9-18)7-13(14)8-16/h3-7,9H,1-2H3. The molecular weight excluding hydrogens is 256 g/mol. The van der Waals surface area contributed by atoms with Crippen LogP contribution in [0, 0.1) is 25.2 Å². The molecule has 0 atom stereocenters. The Kier molecular flexibility index (Phi) is 3.98. The number of aromatic nitrogens is 1. The van der Waals surface area contributed by atoms with Gasteiger partial charge < -0.3 is 0 Å². The molecule has 94 valence electrons. The van der Waals surface area contributed by atoms with Gasteiger partial charge in [-0.25, -0.2) is 4.98 Å². The average Bonchev–Trinajstić information content (AvgIpc) is 2.38. The number of rotatable bonds is 3. The molecule has 1 heterocycles. The van der Waals surface area contributed by atoms with Gasteiger partial charge in [-0.2, -0.15) is 5.26 Å². The van der Waals surface area contributed by atoms with Crippen molar-refractivity contribution >= 4 is 18.0 Å². The van der Waals surface area contributed by atoms with E-state index >= 15 is 0 Å². The molecular formula is C15H12N2OS. The molecule has 0 spiro atoms. The number of pyridine rings is 1. The van der Waals surface area contributed by atoms with Crippen molar-refractivity contribution in [2.75, 3.05) is 0 Å². The molecule has 0 N–H and O–H groups in total. The third-order valence-corrected chi connectivity index (χ3v) is 3.54. The number of nitriles is 1. The molecule has 0 bridgehead atoms. The highest BCUT2D eigenvalue weighted by Gasteiger charge is 2.07. The number of carbonyl (C=O) groups is 1. The zero-order chi connectivity index (χ0) is 13.8. The first-order chi connectivity index (χ1) is 9.12. The molecule has 0 fully saturated rings. The van der Waals surface area contributed by atoms with Crippen LogP contribution in [0.5, 0.6) is 0 Å². The second-order valence-electron chi connectivity index (χ2n) is 4.21. The normalized spacial score (nSPS) is 9.95. The summed E-state index contributed by atoms with van der Waals surface area (Å²) in [7, 11) is 0. The number of carbonyl (C=O) groups excluding carboxylic acids is 1. The monoisotopic (exact) mass is 268 g/mol. The second-order valence-corrected chi connectivity index (χ2v) is 5.27. The van der Waals surface area contributed by atoms with Crippen molar-refractivity contribution in [2.24, 2.45) is 0 Å². The van der Waals surface area contributed by atoms with Gasteiger partial charge in [-0.3, -0.25) is 4.79 Å². The molecule has 2 aromatic rings. The molecule has 1 aromatic carbocycles. The van der Waals surface area contributed by atoms with Crippen LogP contribution in [-0.4, -0.2) is 11.3 Å². The molecule has 0 aliphatic heterocycles. The van der Waals surface area contributed by atoms with Gasteiger partial charge in [0.25, 0.3) is 0 Å². The second kappa shape index (κ2) is 5.68. The SMILES string of the molecule is Cc1cc(C)nc(Sc2ccc(C=O)cc2C#N)c1. The minimum absolute atomic E-state index is 0.496. The summed E-state index contributed by atoms with van der Waals surface area (Å²) in [6, 6.07) is 11.2. The lowest BCUT2D eigenvalue weighted by atomic mass is 10.1. The van der Waals surface area contributed by atoms with Gasteiger partial charge in [0, 0.05) is 16.2 Å². The molecule has 0 saturated carbocycles. The van der Waals surface area contributed by atoms with Gasteiger partial charge in [0.2, 0.25) is 0 Å². The number of hydrogen-bond donors (Lipinski definition) is 0. The van der Waals surface area contributed by atoms with E-state index < -0.39 is 0 Å². The number of benzene rings is 1. The van der Waals surface area contributed by atoms with E-state index in [0.717, 1.165) is 27.5 Å². The molecule has 1 aromatic heterocycles. The Labute approximate surface area is 116 Å². The molecule has 0 radical (unpaired) electrons. The molecule has 0 amide bonds. The van der Waals surface area contributed by atoms with E-state index in [1.165, 1.54) is 11.8 Å². The number of hydrogen-bond acceptors (Lipinski definition) is 4. The zero-order valence-electron chi connectivity index (χ0n) is 10.7. The molecule has 19 heavy (non-hydrogen) atoms. The van der Waals surface area contributed by atoms with Gasteiger partial charge in [0.05, 0.1) is 5.56 Å². The van der Waals surface area contributed by atoms with Crippen molar-refractivity contribution in [3.05, 3.63) is 52.7 Å². The zero-order valence-corrected chi connectivity index (χ0v) is 11.5. The van der Waals surface area contributed by atoms with E-state index in [2.05, 4.69) is 11.1 Å². The Bertz CT molecular complexity index is 654. The first kappa shape index (κ1) is 13.3. The molecule has 0 unspecified atom stereocenters. The highest BCUT2D eigenvalue weighted by Crippen LogP contribution is 2.30. The third kappa shape index (κ3) is 3.21. The van der Waals surface area contributed by atoms with Crippen LogP contribution in [0.3, 0.4) is 0 Å². The summed E-state index contributed by atoms with van der Waals surface area (Å²) in [4.78, 5) is 15.9. The van der Waals surface area contributed by atoms with Gasteiger partial charge in [0.1, 0.15) is 17.4 Å². The largest absolute Gasteiger partial charge is 0.298 e. The van der Waals surface area contributed by atoms with Gasteiger partial charge in [0.15, 0.2) is 0 Å². The fraction of sp³-hybridized carbons (Fsp3) is 0.133. The van der Waals surface area contributed by atoms with E-state index in [1.54, 1.807) is 18.2 Å². The predicted octanol–water partition coefficient (Wildman–Crippen LogP) is 3.53. The van der Waals surface area contributed by atoms with Gasteiger partial charge in [-0.15, -0.1) is 0 Å². The van der Waals surface area contributed by atoms with E-state index in [1.807, 2.05) is 26.0 Å². The maximum atomic E-state index is 10.7. The summed E-state index contributed by atoms with van der Waals surface area (Å²) < 4.78 is 0. The third-order valence-electron chi connectivity index (χ3n) is 2.55. The Hall–Kier alpha value is -2.12. The Morgan fingerprint density at radius 2 is 2.05 bits per heavy atom. The first-order valence-corrected chi connectivity index (χ1v) is 6.56. The molecule has 2 rings (SSSR count). The maximum absolute atomic E-state index is 10.7. The van der Waals surface area contributed by atoms with Crippen molar-refractivity contribution in [1.29, 1.82) is 5.26 Å². The molecule has 4 heteroatoms. The minimum Gasteiger partial charge on any atom is -0.298 e. The molecule has 0 aliphatic rings. The maximum Gasteiger partial charge on any atom is 0.150 e. The molecule has 3 nitrogen and oxygen atoms in total. The predicted molar refractivity (Wildman–Crippen MR) is 74.4 cm³/mol. The van der Waals surface area contributed by atoms with Crippen LogP contribution in [-0.2, 0) is 0 Å². The molecule has 0 saturated heterocycles. The summed E-state index contributed by atoms with van der Waals surface area (Å²) in [5.74, 6) is 0. The lowest BCUT2D eigenvalue weighted by Gasteiger charge is -2.06. The fourth-order valence-corrected chi connectivity index (χ4v) is 2.78. The Balaban J connectivity index is 2.38. The summed E-state index contributed by atoms with van der Waals surface area (Å²) in [5, 5.41) is 9.98. The van der Waals surface area contributed by atoms with Crippen molar-refractivity contribution in [1.82, 2.24) is 4.98 Å². The Morgan fingerprint density at radius 1 is 1.26 bits per heavy atom. The summed E-state index contributed by atoms with van der Waals surface area (Å²) >= 11 is 1.44. The van der Waals surface area contributed by atoms with Crippen LogP contribution in [0.1, 0.15) is 27.2 Å². The van der Waals surface area contributed by atoms with Crippen LogP contribution >= 0.6 is 11.8 Å². The van der Waals surface area contributed by atoms with E-state index in [9.17, 15) is 4.79 Å². The quantitative estimate of drug-likeness (QED) is 0.799. The van der Waals surface area contributed by atoms with Crippen LogP contribution in [0.4, 0.5) is 0 Å². The summed E-state index contributed by atoms with van der Waals surface area (Å²) in [6.07, 6.45) is 0.740. The lowest BCUT2D eigenvalue weighted by Crippen LogP contribution is -1.89. The lowest BCUT2D eigenvalue weighted by molar-refractivity contribution is 0.112. The number of aldehydes is 1. The van der Waals surface area contributed by atoms with Crippen LogP contribution in [0.2, 0.25) is 0 Å². The minimum atomic E-state index is 0.496. The van der Waals surface area contributed by atoms with E-state index in [0.29, 0.717) is 11.1 Å². The first-order valence-electron chi connectivity index (χ1n) is 5.75. The summed E-state index contributed by atoms with van der Waals surface area (Å²) in [6.45, 7) is 3.96.